The Hall–Kier alpha value is -2.42. The van der Waals surface area contributed by atoms with Gasteiger partial charge in [-0.05, 0) is 13.8 Å². The molecule has 3 rings (SSSR count). The van der Waals surface area contributed by atoms with Gasteiger partial charge in [0.15, 0.2) is 10.7 Å². The lowest BCUT2D eigenvalue weighted by atomic mass is 10.4. The first-order chi connectivity index (χ1) is 10.4. The molecule has 0 aromatic carbocycles. The van der Waals surface area contributed by atoms with Crippen LogP contribution in [0.25, 0.3) is 11.0 Å². The minimum atomic E-state index is -0.272. The highest BCUT2D eigenvalue weighted by atomic mass is 32.2. The van der Waals surface area contributed by atoms with Crippen LogP contribution in [0.4, 0.5) is 0 Å². The molecule has 2 N–H and O–H groups in total. The number of rotatable bonds is 3. The highest BCUT2D eigenvalue weighted by Crippen LogP contribution is 2.19. The van der Waals surface area contributed by atoms with Gasteiger partial charge < -0.3 is 4.98 Å². The first-order valence-corrected chi connectivity index (χ1v) is 7.56. The Morgan fingerprint density at radius 3 is 2.68 bits per heavy atom. The van der Waals surface area contributed by atoms with E-state index in [1.807, 2.05) is 6.92 Å². The Morgan fingerprint density at radius 1 is 1.18 bits per heavy atom. The number of aryl methyl sites for hydroxylation is 3. The van der Waals surface area contributed by atoms with Gasteiger partial charge in [-0.25, -0.2) is 9.97 Å². The van der Waals surface area contributed by atoms with Crippen molar-refractivity contribution in [2.24, 2.45) is 7.05 Å². The molecule has 0 fully saturated rings. The van der Waals surface area contributed by atoms with E-state index < -0.39 is 0 Å². The topological polar surface area (TPSA) is 109 Å². The summed E-state index contributed by atoms with van der Waals surface area (Å²) >= 11 is 1.32. The van der Waals surface area contributed by atoms with Crippen molar-refractivity contribution in [1.82, 2.24) is 29.7 Å². The predicted molar refractivity (Wildman–Crippen MR) is 83.0 cm³/mol. The first kappa shape index (κ1) is 14.5. The Balaban J connectivity index is 1.92. The van der Waals surface area contributed by atoms with Gasteiger partial charge in [-0.2, -0.15) is 5.10 Å². The number of thioether (sulfide) groups is 1. The number of aromatic amines is 2. The fraction of sp³-hybridized carbons (Fsp3) is 0.308. The maximum atomic E-state index is 12.0. The van der Waals surface area contributed by atoms with E-state index in [4.69, 9.17) is 0 Å². The molecular formula is C13H14N6O2S. The van der Waals surface area contributed by atoms with Gasteiger partial charge >= 0.3 is 0 Å². The van der Waals surface area contributed by atoms with Gasteiger partial charge in [0.1, 0.15) is 11.3 Å². The molecule has 0 aliphatic carbocycles. The standard InChI is InChI=1S/C13H14N6O2S/c1-6-10-11(18-19(6)3)12(21)17-13(16-10)22-5-8-4-9(20)15-7(2)14-8/h4H,5H2,1-3H3,(H,14,15,20)(H,16,17,21). The Labute approximate surface area is 129 Å². The largest absolute Gasteiger partial charge is 0.311 e. The molecule has 0 bridgehead atoms. The Morgan fingerprint density at radius 2 is 1.95 bits per heavy atom. The lowest BCUT2D eigenvalue weighted by Gasteiger charge is -2.02. The molecule has 0 radical (unpaired) electrons. The van der Waals surface area contributed by atoms with Crippen molar-refractivity contribution in [1.29, 1.82) is 0 Å². The Kier molecular flexibility index (Phi) is 3.57. The zero-order chi connectivity index (χ0) is 15.9. The fourth-order valence-corrected chi connectivity index (χ4v) is 2.85. The summed E-state index contributed by atoms with van der Waals surface area (Å²) in [7, 11) is 1.77. The average Bonchev–Trinajstić information content (AvgIpc) is 2.73. The summed E-state index contributed by atoms with van der Waals surface area (Å²) in [6.45, 7) is 3.58. The van der Waals surface area contributed by atoms with Crippen molar-refractivity contribution in [2.75, 3.05) is 0 Å². The van der Waals surface area contributed by atoms with Crippen LogP contribution in [0.5, 0.6) is 0 Å². The van der Waals surface area contributed by atoms with Gasteiger partial charge in [-0.1, -0.05) is 11.8 Å². The normalized spacial score (nSPS) is 11.2. The van der Waals surface area contributed by atoms with Crippen LogP contribution in [-0.2, 0) is 12.8 Å². The summed E-state index contributed by atoms with van der Waals surface area (Å²) in [5.41, 5.74) is 1.91. The van der Waals surface area contributed by atoms with Crippen LogP contribution in [-0.4, -0.2) is 29.7 Å². The van der Waals surface area contributed by atoms with E-state index in [0.29, 0.717) is 33.5 Å². The molecule has 0 spiro atoms. The van der Waals surface area contributed by atoms with Crippen molar-refractivity contribution >= 4 is 22.8 Å². The molecule has 0 aliphatic heterocycles. The van der Waals surface area contributed by atoms with Crippen LogP contribution < -0.4 is 11.1 Å². The molecule has 0 atom stereocenters. The summed E-state index contributed by atoms with van der Waals surface area (Å²) in [4.78, 5) is 37.4. The van der Waals surface area contributed by atoms with Gasteiger partial charge in [0.25, 0.3) is 11.1 Å². The number of nitrogens with one attached hydrogen (secondary N) is 2. The molecule has 114 valence electrons. The zero-order valence-corrected chi connectivity index (χ0v) is 13.1. The van der Waals surface area contributed by atoms with Crippen LogP contribution in [0.3, 0.4) is 0 Å². The van der Waals surface area contributed by atoms with E-state index in [0.717, 1.165) is 5.69 Å². The number of nitrogens with zero attached hydrogens (tertiary/aromatic N) is 4. The molecule has 9 heteroatoms. The maximum Gasteiger partial charge on any atom is 0.279 e. The van der Waals surface area contributed by atoms with Gasteiger partial charge in [0.05, 0.1) is 11.4 Å². The molecule has 22 heavy (non-hydrogen) atoms. The molecule has 0 saturated carbocycles. The summed E-state index contributed by atoms with van der Waals surface area (Å²) in [6.07, 6.45) is 0. The summed E-state index contributed by atoms with van der Waals surface area (Å²) in [5, 5.41) is 4.62. The summed E-state index contributed by atoms with van der Waals surface area (Å²) in [5.74, 6) is 1.00. The van der Waals surface area contributed by atoms with Gasteiger partial charge in [-0.3, -0.25) is 19.3 Å². The van der Waals surface area contributed by atoms with Gasteiger partial charge in [-0.15, -0.1) is 0 Å². The van der Waals surface area contributed by atoms with E-state index in [9.17, 15) is 9.59 Å². The Bertz CT molecular complexity index is 971. The van der Waals surface area contributed by atoms with E-state index in [2.05, 4.69) is 25.0 Å². The summed E-state index contributed by atoms with van der Waals surface area (Å²) < 4.78 is 1.63. The SMILES string of the molecule is Cc1nc(CSc2nc3c(C)n(C)nc3c(=O)[nH]2)cc(=O)[nH]1. The maximum absolute atomic E-state index is 12.0. The number of H-pyrrole nitrogens is 2. The van der Waals surface area contributed by atoms with Crippen molar-refractivity contribution in [3.8, 4) is 0 Å². The monoisotopic (exact) mass is 318 g/mol. The van der Waals surface area contributed by atoms with E-state index in [-0.39, 0.29) is 11.1 Å². The second-order valence-corrected chi connectivity index (χ2v) is 5.85. The molecule has 3 aromatic rings. The number of hydrogen-bond acceptors (Lipinski definition) is 6. The van der Waals surface area contributed by atoms with E-state index in [1.165, 1.54) is 17.8 Å². The second-order valence-electron chi connectivity index (χ2n) is 4.89. The molecule has 8 nitrogen and oxygen atoms in total. The highest BCUT2D eigenvalue weighted by Gasteiger charge is 2.12. The lowest BCUT2D eigenvalue weighted by Crippen LogP contribution is -2.11. The molecule has 0 amide bonds. The van der Waals surface area contributed by atoms with Crippen LogP contribution >= 0.6 is 11.8 Å². The molecule has 3 aromatic heterocycles. The van der Waals surface area contributed by atoms with E-state index >= 15 is 0 Å². The predicted octanol–water partition coefficient (Wildman–Crippen LogP) is 0.649. The highest BCUT2D eigenvalue weighted by molar-refractivity contribution is 7.98. The van der Waals surface area contributed by atoms with Crippen molar-refractivity contribution < 1.29 is 0 Å². The third-order valence-electron chi connectivity index (χ3n) is 3.22. The quantitative estimate of drug-likeness (QED) is 0.542. The molecule has 0 saturated heterocycles. The molecular weight excluding hydrogens is 304 g/mol. The fourth-order valence-electron chi connectivity index (χ4n) is 2.10. The van der Waals surface area contributed by atoms with Crippen molar-refractivity contribution in [3.05, 3.63) is 44.0 Å². The van der Waals surface area contributed by atoms with Crippen LogP contribution in [0.15, 0.2) is 20.8 Å². The molecule has 3 heterocycles. The third kappa shape index (κ3) is 2.67. The second kappa shape index (κ2) is 5.41. The zero-order valence-electron chi connectivity index (χ0n) is 12.3. The minimum absolute atomic E-state index is 0.192. The van der Waals surface area contributed by atoms with Crippen molar-refractivity contribution in [3.63, 3.8) is 0 Å². The number of fused-ring (bicyclic) bond motifs is 1. The van der Waals surface area contributed by atoms with Crippen LogP contribution in [0.1, 0.15) is 17.2 Å². The minimum Gasteiger partial charge on any atom is -0.311 e. The average molecular weight is 318 g/mol. The van der Waals surface area contributed by atoms with E-state index in [1.54, 1.807) is 18.7 Å². The van der Waals surface area contributed by atoms with Crippen molar-refractivity contribution in [2.45, 2.75) is 24.8 Å². The van der Waals surface area contributed by atoms with Crippen LogP contribution in [0, 0.1) is 13.8 Å². The smallest absolute Gasteiger partial charge is 0.279 e. The van der Waals surface area contributed by atoms with Crippen LogP contribution in [0.2, 0.25) is 0 Å². The molecule has 0 unspecified atom stereocenters. The lowest BCUT2D eigenvalue weighted by molar-refractivity contribution is 0.749. The first-order valence-electron chi connectivity index (χ1n) is 6.57. The number of aromatic nitrogens is 6. The van der Waals surface area contributed by atoms with Gasteiger partial charge in [0.2, 0.25) is 0 Å². The third-order valence-corrected chi connectivity index (χ3v) is 4.13. The van der Waals surface area contributed by atoms with Gasteiger partial charge in [0, 0.05) is 18.9 Å². The summed E-state index contributed by atoms with van der Waals surface area (Å²) in [6, 6.07) is 1.44. The molecule has 0 aliphatic rings. The number of hydrogen-bond donors (Lipinski definition) is 2.